The van der Waals surface area contributed by atoms with Gasteiger partial charge in [0, 0.05) is 18.8 Å². The molecule has 1 aliphatic rings. The molecule has 1 aromatic carbocycles. The number of carbonyl (C=O) groups is 1. The Kier molecular flexibility index (Phi) is 3.84. The minimum Gasteiger partial charge on any atom is -0.376 e. The van der Waals surface area contributed by atoms with E-state index in [1.165, 1.54) is 0 Å². The molecule has 106 valence electrons. The summed E-state index contributed by atoms with van der Waals surface area (Å²) in [5.41, 5.74) is 1.75. The SMILES string of the molecule is Cc1nc2ccc(NC(=O)NCC3CCCO3)cc2s1. The highest BCUT2D eigenvalue weighted by Gasteiger charge is 2.16. The molecule has 0 bridgehead atoms. The molecule has 1 atom stereocenters. The summed E-state index contributed by atoms with van der Waals surface area (Å²) in [6.07, 6.45) is 2.26. The molecule has 6 heteroatoms. The number of hydrogen-bond acceptors (Lipinski definition) is 4. The van der Waals surface area contributed by atoms with Gasteiger partial charge in [0.2, 0.25) is 0 Å². The van der Waals surface area contributed by atoms with Crippen LogP contribution in [0.5, 0.6) is 0 Å². The number of aryl methyl sites for hydroxylation is 1. The molecule has 1 fully saturated rings. The predicted molar refractivity (Wildman–Crippen MR) is 80.4 cm³/mol. The van der Waals surface area contributed by atoms with E-state index in [-0.39, 0.29) is 12.1 Å². The number of benzene rings is 1. The van der Waals surface area contributed by atoms with Gasteiger partial charge < -0.3 is 15.4 Å². The van der Waals surface area contributed by atoms with Crippen LogP contribution < -0.4 is 10.6 Å². The van der Waals surface area contributed by atoms with Crippen LogP contribution >= 0.6 is 11.3 Å². The molecule has 20 heavy (non-hydrogen) atoms. The second-order valence-electron chi connectivity index (χ2n) is 4.89. The van der Waals surface area contributed by atoms with Gasteiger partial charge >= 0.3 is 6.03 Å². The fraction of sp³-hybridized carbons (Fsp3) is 0.429. The summed E-state index contributed by atoms with van der Waals surface area (Å²) in [6, 6.07) is 5.55. The average Bonchev–Trinajstić information content (AvgIpc) is 3.04. The second-order valence-corrected chi connectivity index (χ2v) is 6.12. The molecule has 3 rings (SSSR count). The van der Waals surface area contributed by atoms with Gasteiger partial charge in [-0.2, -0.15) is 0 Å². The van der Waals surface area contributed by atoms with E-state index in [2.05, 4.69) is 15.6 Å². The highest BCUT2D eigenvalue weighted by Crippen LogP contribution is 2.24. The first kappa shape index (κ1) is 13.3. The fourth-order valence-electron chi connectivity index (χ4n) is 2.30. The van der Waals surface area contributed by atoms with Crippen LogP contribution in [0.25, 0.3) is 10.2 Å². The van der Waals surface area contributed by atoms with Gasteiger partial charge in [-0.15, -0.1) is 11.3 Å². The van der Waals surface area contributed by atoms with Crippen LogP contribution in [0.4, 0.5) is 10.5 Å². The minimum absolute atomic E-state index is 0.160. The van der Waals surface area contributed by atoms with Gasteiger partial charge in [-0.1, -0.05) is 0 Å². The smallest absolute Gasteiger partial charge is 0.319 e. The van der Waals surface area contributed by atoms with Gasteiger partial charge in [-0.25, -0.2) is 9.78 Å². The van der Waals surface area contributed by atoms with E-state index >= 15 is 0 Å². The number of nitrogens with one attached hydrogen (secondary N) is 2. The topological polar surface area (TPSA) is 63.2 Å². The first-order valence-electron chi connectivity index (χ1n) is 6.74. The van der Waals surface area contributed by atoms with E-state index in [1.54, 1.807) is 11.3 Å². The summed E-state index contributed by atoms with van der Waals surface area (Å²) in [7, 11) is 0. The highest BCUT2D eigenvalue weighted by atomic mass is 32.1. The molecule has 0 aliphatic carbocycles. The maximum absolute atomic E-state index is 11.8. The summed E-state index contributed by atoms with van der Waals surface area (Å²) in [5.74, 6) is 0. The molecular weight excluding hydrogens is 274 g/mol. The Morgan fingerprint density at radius 1 is 1.55 bits per heavy atom. The quantitative estimate of drug-likeness (QED) is 0.914. The number of hydrogen-bond donors (Lipinski definition) is 2. The molecule has 1 saturated heterocycles. The Morgan fingerprint density at radius 3 is 3.25 bits per heavy atom. The zero-order chi connectivity index (χ0) is 13.9. The van der Waals surface area contributed by atoms with Crippen LogP contribution in [0.2, 0.25) is 0 Å². The Labute approximate surface area is 121 Å². The Balaban J connectivity index is 1.58. The van der Waals surface area contributed by atoms with Gasteiger partial charge in [-0.3, -0.25) is 0 Å². The third kappa shape index (κ3) is 3.08. The number of urea groups is 1. The van der Waals surface area contributed by atoms with Gasteiger partial charge in [0.25, 0.3) is 0 Å². The van der Waals surface area contributed by atoms with Crippen molar-refractivity contribution in [2.24, 2.45) is 0 Å². The van der Waals surface area contributed by atoms with Crippen LogP contribution in [0.1, 0.15) is 17.8 Å². The molecule has 2 amide bonds. The number of nitrogens with zero attached hydrogens (tertiary/aromatic N) is 1. The average molecular weight is 291 g/mol. The lowest BCUT2D eigenvalue weighted by Gasteiger charge is -2.11. The molecule has 2 aromatic rings. The normalized spacial score (nSPS) is 18.4. The van der Waals surface area contributed by atoms with Crippen molar-refractivity contribution < 1.29 is 9.53 Å². The number of carbonyl (C=O) groups excluding carboxylic acids is 1. The van der Waals surface area contributed by atoms with E-state index < -0.39 is 0 Å². The summed E-state index contributed by atoms with van der Waals surface area (Å²) in [6.45, 7) is 3.34. The number of aromatic nitrogens is 1. The number of anilines is 1. The van der Waals surface area contributed by atoms with Gasteiger partial charge in [0.1, 0.15) is 0 Å². The van der Waals surface area contributed by atoms with Gasteiger partial charge in [0.15, 0.2) is 0 Å². The van der Waals surface area contributed by atoms with Crippen molar-refractivity contribution in [2.45, 2.75) is 25.9 Å². The predicted octanol–water partition coefficient (Wildman–Crippen LogP) is 2.91. The molecule has 2 N–H and O–H groups in total. The first-order valence-corrected chi connectivity index (χ1v) is 7.56. The lowest BCUT2D eigenvalue weighted by Crippen LogP contribution is -2.34. The van der Waals surface area contributed by atoms with Crippen molar-refractivity contribution in [3.63, 3.8) is 0 Å². The van der Waals surface area contributed by atoms with Crippen LogP contribution in [-0.4, -0.2) is 30.3 Å². The summed E-state index contributed by atoms with van der Waals surface area (Å²) in [4.78, 5) is 16.2. The molecule has 1 aliphatic heterocycles. The van der Waals surface area contributed by atoms with Crippen molar-refractivity contribution in [2.75, 3.05) is 18.5 Å². The van der Waals surface area contributed by atoms with Crippen molar-refractivity contribution >= 4 is 33.3 Å². The second kappa shape index (κ2) is 5.76. The highest BCUT2D eigenvalue weighted by molar-refractivity contribution is 7.18. The third-order valence-corrected chi connectivity index (χ3v) is 4.20. The Hall–Kier alpha value is -1.66. The monoisotopic (exact) mass is 291 g/mol. The number of amides is 2. The Morgan fingerprint density at radius 2 is 2.45 bits per heavy atom. The van der Waals surface area contributed by atoms with Crippen molar-refractivity contribution in [1.29, 1.82) is 0 Å². The van der Waals surface area contributed by atoms with E-state index in [4.69, 9.17) is 4.74 Å². The lowest BCUT2D eigenvalue weighted by molar-refractivity contribution is 0.112. The van der Waals surface area contributed by atoms with Crippen molar-refractivity contribution in [1.82, 2.24) is 10.3 Å². The van der Waals surface area contributed by atoms with Crippen LogP contribution in [-0.2, 0) is 4.74 Å². The fourth-order valence-corrected chi connectivity index (χ4v) is 3.17. The van der Waals surface area contributed by atoms with Crippen molar-refractivity contribution in [3.8, 4) is 0 Å². The molecule has 0 spiro atoms. The number of rotatable bonds is 3. The third-order valence-electron chi connectivity index (χ3n) is 3.27. The number of thiazole rings is 1. The molecule has 5 nitrogen and oxygen atoms in total. The molecule has 1 unspecified atom stereocenters. The maximum Gasteiger partial charge on any atom is 0.319 e. The van der Waals surface area contributed by atoms with Crippen LogP contribution in [0.15, 0.2) is 18.2 Å². The zero-order valence-corrected chi connectivity index (χ0v) is 12.1. The van der Waals surface area contributed by atoms with Crippen LogP contribution in [0, 0.1) is 6.92 Å². The van der Waals surface area contributed by atoms with E-state index in [0.717, 1.165) is 40.4 Å². The van der Waals surface area contributed by atoms with E-state index in [1.807, 2.05) is 25.1 Å². The lowest BCUT2D eigenvalue weighted by atomic mass is 10.2. The summed E-state index contributed by atoms with van der Waals surface area (Å²) >= 11 is 1.62. The van der Waals surface area contributed by atoms with E-state index in [9.17, 15) is 4.79 Å². The van der Waals surface area contributed by atoms with E-state index in [0.29, 0.717) is 6.54 Å². The molecule has 1 aromatic heterocycles. The zero-order valence-electron chi connectivity index (χ0n) is 11.3. The summed E-state index contributed by atoms with van der Waals surface area (Å²) in [5, 5.41) is 6.71. The van der Waals surface area contributed by atoms with Gasteiger partial charge in [0.05, 0.1) is 21.3 Å². The van der Waals surface area contributed by atoms with Crippen molar-refractivity contribution in [3.05, 3.63) is 23.2 Å². The first-order chi connectivity index (χ1) is 9.70. The molecule has 2 heterocycles. The standard InChI is InChI=1S/C14H17N3O2S/c1-9-16-12-5-4-10(7-13(12)20-9)17-14(18)15-8-11-3-2-6-19-11/h4-5,7,11H,2-3,6,8H2,1H3,(H2,15,17,18). The molecule has 0 saturated carbocycles. The maximum atomic E-state index is 11.8. The molecular formula is C14H17N3O2S. The number of ether oxygens (including phenoxy) is 1. The number of fused-ring (bicyclic) bond motifs is 1. The Bertz CT molecular complexity index is 620. The largest absolute Gasteiger partial charge is 0.376 e. The molecule has 0 radical (unpaired) electrons. The van der Waals surface area contributed by atoms with Crippen LogP contribution in [0.3, 0.4) is 0 Å². The van der Waals surface area contributed by atoms with Gasteiger partial charge in [-0.05, 0) is 38.0 Å². The summed E-state index contributed by atoms with van der Waals surface area (Å²) < 4.78 is 6.55. The minimum atomic E-state index is -0.193.